The van der Waals surface area contributed by atoms with Crippen molar-refractivity contribution in [2.45, 2.75) is 38.6 Å². The molecule has 0 unspecified atom stereocenters. The summed E-state index contributed by atoms with van der Waals surface area (Å²) in [6.07, 6.45) is 0.711. The lowest BCUT2D eigenvalue weighted by atomic mass is 9.85. The highest BCUT2D eigenvalue weighted by atomic mass is 35.5. The van der Waals surface area contributed by atoms with Crippen molar-refractivity contribution in [1.29, 1.82) is 0 Å². The Morgan fingerprint density at radius 3 is 2.55 bits per heavy atom. The van der Waals surface area contributed by atoms with Gasteiger partial charge in [-0.15, -0.1) is 0 Å². The quantitative estimate of drug-likeness (QED) is 0.895. The number of nitrogens with one attached hydrogen (secondary N) is 1. The highest BCUT2D eigenvalue weighted by molar-refractivity contribution is 6.30. The highest BCUT2D eigenvalue weighted by Gasteiger charge is 2.26. The average Bonchev–Trinajstić information content (AvgIpc) is 2.46. The number of carbonyl (C=O) groups excluding carboxylic acids is 1. The number of rotatable bonds is 3. The zero-order valence-electron chi connectivity index (χ0n) is 12.8. The molecule has 5 nitrogen and oxygen atoms in total. The van der Waals surface area contributed by atoms with Gasteiger partial charge in [0.1, 0.15) is 0 Å². The number of halogens is 1. The second kappa shape index (κ2) is 7.01. The molecule has 0 saturated carbocycles. The minimum Gasteiger partial charge on any atom is -0.465 e. The van der Waals surface area contributed by atoms with Crippen molar-refractivity contribution in [2.24, 2.45) is 0 Å². The van der Waals surface area contributed by atoms with Crippen LogP contribution in [0.1, 0.15) is 49.8 Å². The van der Waals surface area contributed by atoms with Gasteiger partial charge in [-0.3, -0.25) is 4.79 Å². The number of piperidine rings is 1. The summed E-state index contributed by atoms with van der Waals surface area (Å²) in [6, 6.07) is 5.62. The molecule has 0 spiro atoms. The fourth-order valence-corrected chi connectivity index (χ4v) is 3.24. The summed E-state index contributed by atoms with van der Waals surface area (Å²) in [4.78, 5) is 23.7. The third-order valence-corrected chi connectivity index (χ3v) is 4.38. The van der Waals surface area contributed by atoms with Crippen LogP contribution in [0, 0.1) is 0 Å². The molecular weight excluding hydrogens is 304 g/mol. The van der Waals surface area contributed by atoms with Crippen LogP contribution in [0.3, 0.4) is 0 Å². The Morgan fingerprint density at radius 2 is 2.00 bits per heavy atom. The molecule has 1 saturated heterocycles. The lowest BCUT2D eigenvalue weighted by Crippen LogP contribution is -2.37. The maximum Gasteiger partial charge on any atom is 0.407 e. The Morgan fingerprint density at radius 1 is 1.36 bits per heavy atom. The number of likely N-dealkylation sites (tertiary alicyclic amines) is 1. The molecule has 2 amide bonds. The number of carboxylic acid groups (broad SMARTS) is 1. The molecule has 0 aromatic heterocycles. The van der Waals surface area contributed by atoms with Crippen molar-refractivity contribution in [2.75, 3.05) is 13.1 Å². The van der Waals surface area contributed by atoms with Gasteiger partial charge >= 0.3 is 6.09 Å². The number of amides is 2. The highest BCUT2D eigenvalue weighted by Crippen LogP contribution is 2.34. The zero-order chi connectivity index (χ0) is 16.3. The smallest absolute Gasteiger partial charge is 0.407 e. The molecule has 0 radical (unpaired) electrons. The van der Waals surface area contributed by atoms with Gasteiger partial charge in [-0.25, -0.2) is 4.79 Å². The van der Waals surface area contributed by atoms with Crippen molar-refractivity contribution >= 4 is 23.6 Å². The molecule has 1 atom stereocenters. The number of hydrogen-bond acceptors (Lipinski definition) is 2. The van der Waals surface area contributed by atoms with Gasteiger partial charge in [0.25, 0.3) is 0 Å². The molecule has 1 aromatic carbocycles. The van der Waals surface area contributed by atoms with Crippen LogP contribution in [0.4, 0.5) is 4.79 Å². The predicted octanol–water partition coefficient (Wildman–Crippen LogP) is 3.39. The Bertz CT molecular complexity index is 569. The monoisotopic (exact) mass is 324 g/mol. The molecule has 1 heterocycles. The van der Waals surface area contributed by atoms with E-state index < -0.39 is 6.09 Å². The number of hydrogen-bond donors (Lipinski definition) is 2. The Balaban J connectivity index is 2.20. The third-order valence-electron chi connectivity index (χ3n) is 4.14. The van der Waals surface area contributed by atoms with Crippen molar-refractivity contribution in [3.63, 3.8) is 0 Å². The van der Waals surface area contributed by atoms with Crippen LogP contribution in [0.2, 0.25) is 5.02 Å². The van der Waals surface area contributed by atoms with Gasteiger partial charge in [0.2, 0.25) is 5.91 Å². The van der Waals surface area contributed by atoms with E-state index in [1.165, 1.54) is 11.8 Å². The SMILES string of the molecule is CC(=O)N[C@@H](C)c1cc(Cl)ccc1C1CCN(C(=O)O)CC1. The molecule has 1 aliphatic rings. The van der Waals surface area contributed by atoms with Crippen LogP contribution in [0.25, 0.3) is 0 Å². The molecule has 6 heteroatoms. The summed E-state index contributed by atoms with van der Waals surface area (Å²) in [5.41, 5.74) is 2.16. The fraction of sp³-hybridized carbons (Fsp3) is 0.500. The maximum absolute atomic E-state index is 11.3. The van der Waals surface area contributed by atoms with Crippen LogP contribution in [-0.4, -0.2) is 35.1 Å². The molecule has 2 rings (SSSR count). The van der Waals surface area contributed by atoms with Crippen molar-refractivity contribution in [3.8, 4) is 0 Å². The second-order valence-electron chi connectivity index (χ2n) is 5.74. The molecule has 120 valence electrons. The van der Waals surface area contributed by atoms with Crippen molar-refractivity contribution < 1.29 is 14.7 Å². The van der Waals surface area contributed by atoms with Gasteiger partial charge in [0.05, 0.1) is 6.04 Å². The summed E-state index contributed by atoms with van der Waals surface area (Å²) in [5, 5.41) is 12.6. The third kappa shape index (κ3) is 3.91. The summed E-state index contributed by atoms with van der Waals surface area (Å²) >= 11 is 6.10. The van der Waals surface area contributed by atoms with Crippen LogP contribution >= 0.6 is 11.6 Å². The number of benzene rings is 1. The summed E-state index contributed by atoms with van der Waals surface area (Å²) in [5.74, 6) is 0.207. The van der Waals surface area contributed by atoms with E-state index in [1.54, 1.807) is 0 Å². The van der Waals surface area contributed by atoms with Crippen molar-refractivity contribution in [3.05, 3.63) is 34.3 Å². The van der Waals surface area contributed by atoms with Gasteiger partial charge in [-0.05, 0) is 48.9 Å². The van der Waals surface area contributed by atoms with E-state index in [-0.39, 0.29) is 11.9 Å². The summed E-state index contributed by atoms with van der Waals surface area (Å²) in [7, 11) is 0. The zero-order valence-corrected chi connectivity index (χ0v) is 13.6. The summed E-state index contributed by atoms with van der Waals surface area (Å²) < 4.78 is 0. The van der Waals surface area contributed by atoms with Crippen LogP contribution in [0.5, 0.6) is 0 Å². The van der Waals surface area contributed by atoms with Gasteiger partial charge in [-0.1, -0.05) is 17.7 Å². The normalized spacial score (nSPS) is 17.1. The molecule has 0 bridgehead atoms. The van der Waals surface area contributed by atoms with Crippen LogP contribution < -0.4 is 5.32 Å². The average molecular weight is 325 g/mol. The minimum atomic E-state index is -0.860. The summed E-state index contributed by atoms with van der Waals surface area (Å²) in [6.45, 7) is 4.50. The Kier molecular flexibility index (Phi) is 5.29. The van der Waals surface area contributed by atoms with E-state index >= 15 is 0 Å². The first-order chi connectivity index (χ1) is 10.4. The lowest BCUT2D eigenvalue weighted by Gasteiger charge is -2.32. The minimum absolute atomic E-state index is 0.0841. The van der Waals surface area contributed by atoms with Crippen molar-refractivity contribution in [1.82, 2.24) is 10.2 Å². The van der Waals surface area contributed by atoms with E-state index in [9.17, 15) is 9.59 Å². The van der Waals surface area contributed by atoms with Crippen LogP contribution in [-0.2, 0) is 4.79 Å². The topological polar surface area (TPSA) is 69.6 Å². The predicted molar refractivity (Wildman–Crippen MR) is 85.3 cm³/mol. The van der Waals surface area contributed by atoms with E-state index in [2.05, 4.69) is 5.32 Å². The molecule has 1 aliphatic heterocycles. The van der Waals surface area contributed by atoms with Gasteiger partial charge in [-0.2, -0.15) is 0 Å². The number of carbonyl (C=O) groups is 2. The Hall–Kier alpha value is -1.75. The first kappa shape index (κ1) is 16.6. The molecule has 1 fully saturated rings. The van der Waals surface area contributed by atoms with Gasteiger partial charge in [0, 0.05) is 25.0 Å². The first-order valence-electron chi connectivity index (χ1n) is 7.42. The molecular formula is C16H21ClN2O3. The first-order valence-corrected chi connectivity index (χ1v) is 7.80. The standard InChI is InChI=1S/C16H21ClN2O3/c1-10(18-11(2)20)15-9-13(17)3-4-14(15)12-5-7-19(8-6-12)16(21)22/h3-4,9-10,12H,5-8H2,1-2H3,(H,18,20)(H,21,22)/t10-/m0/s1. The lowest BCUT2D eigenvalue weighted by molar-refractivity contribution is -0.119. The number of nitrogens with zero attached hydrogens (tertiary/aromatic N) is 1. The maximum atomic E-state index is 11.3. The molecule has 2 N–H and O–H groups in total. The van der Waals surface area contributed by atoms with E-state index in [1.807, 2.05) is 25.1 Å². The molecule has 22 heavy (non-hydrogen) atoms. The van der Waals surface area contributed by atoms with Crippen LogP contribution in [0.15, 0.2) is 18.2 Å². The Labute approximate surface area is 135 Å². The van der Waals surface area contributed by atoms with E-state index in [0.29, 0.717) is 24.0 Å². The molecule has 1 aromatic rings. The van der Waals surface area contributed by atoms with E-state index in [0.717, 1.165) is 24.0 Å². The fourth-order valence-electron chi connectivity index (χ4n) is 3.06. The largest absolute Gasteiger partial charge is 0.465 e. The van der Waals surface area contributed by atoms with Gasteiger partial charge in [0.15, 0.2) is 0 Å². The van der Waals surface area contributed by atoms with Gasteiger partial charge < -0.3 is 15.3 Å². The molecule has 0 aliphatic carbocycles. The second-order valence-corrected chi connectivity index (χ2v) is 6.18. The van der Waals surface area contributed by atoms with E-state index in [4.69, 9.17) is 16.7 Å².